The number of sulfone groups is 1. The maximum atomic E-state index is 10.9. The van der Waals surface area contributed by atoms with E-state index in [1.54, 1.807) is 0 Å². The molecule has 1 rings (SSSR count). The van der Waals surface area contributed by atoms with Crippen LogP contribution in [0.5, 0.6) is 0 Å². The second-order valence-electron chi connectivity index (χ2n) is 3.83. The molecular weight excluding hydrogens is 280 g/mol. The number of nitro groups is 1. The Labute approximate surface area is 110 Å². The Balaban J connectivity index is 2.65. The van der Waals surface area contributed by atoms with E-state index in [1.807, 2.05) is 0 Å². The molecule has 1 N–H and O–H groups in total. The average molecular weight is 293 g/mol. The van der Waals surface area contributed by atoms with Crippen LogP contribution >= 0.6 is 11.6 Å². The number of nitro benzene ring substituents is 1. The summed E-state index contributed by atoms with van der Waals surface area (Å²) in [5.74, 6) is 0.0430. The lowest BCUT2D eigenvalue weighted by Gasteiger charge is -2.06. The fraction of sp³-hybridized carbons (Fsp3) is 0.400. The van der Waals surface area contributed by atoms with Crippen molar-refractivity contribution in [1.82, 2.24) is 0 Å². The number of halogens is 1. The minimum Gasteiger partial charge on any atom is -0.379 e. The highest BCUT2D eigenvalue weighted by molar-refractivity contribution is 7.90. The molecule has 0 bridgehead atoms. The van der Waals surface area contributed by atoms with E-state index in [0.717, 1.165) is 6.26 Å². The summed E-state index contributed by atoms with van der Waals surface area (Å²) in [6.07, 6.45) is 1.54. The van der Waals surface area contributed by atoms with E-state index >= 15 is 0 Å². The van der Waals surface area contributed by atoms with Crippen LogP contribution in [0.3, 0.4) is 0 Å². The predicted octanol–water partition coefficient (Wildman–Crippen LogP) is 2.09. The zero-order chi connectivity index (χ0) is 13.8. The first kappa shape index (κ1) is 14.7. The lowest BCUT2D eigenvalue weighted by Crippen LogP contribution is -2.10. The van der Waals surface area contributed by atoms with Crippen LogP contribution in [0.15, 0.2) is 18.2 Å². The number of rotatable bonds is 6. The molecule has 100 valence electrons. The van der Waals surface area contributed by atoms with Gasteiger partial charge in [0.05, 0.1) is 10.7 Å². The molecule has 0 heterocycles. The van der Waals surface area contributed by atoms with Crippen molar-refractivity contribution in [3.8, 4) is 0 Å². The van der Waals surface area contributed by atoms with Gasteiger partial charge in [0.1, 0.15) is 15.5 Å². The molecule has 1 aromatic rings. The molecule has 6 nitrogen and oxygen atoms in total. The maximum absolute atomic E-state index is 10.9. The lowest BCUT2D eigenvalue weighted by atomic mass is 10.2. The Kier molecular flexibility index (Phi) is 4.92. The van der Waals surface area contributed by atoms with Crippen LogP contribution in [-0.2, 0) is 9.84 Å². The van der Waals surface area contributed by atoms with Crippen molar-refractivity contribution in [2.75, 3.05) is 23.9 Å². The van der Waals surface area contributed by atoms with Gasteiger partial charge in [-0.2, -0.15) is 0 Å². The molecule has 8 heteroatoms. The van der Waals surface area contributed by atoms with E-state index in [4.69, 9.17) is 11.6 Å². The lowest BCUT2D eigenvalue weighted by molar-refractivity contribution is -0.383. The van der Waals surface area contributed by atoms with Crippen molar-refractivity contribution in [2.24, 2.45) is 0 Å². The van der Waals surface area contributed by atoms with Crippen molar-refractivity contribution in [2.45, 2.75) is 6.42 Å². The summed E-state index contributed by atoms with van der Waals surface area (Å²) >= 11 is 5.67. The van der Waals surface area contributed by atoms with E-state index < -0.39 is 14.8 Å². The third kappa shape index (κ3) is 4.89. The SMILES string of the molecule is CS(=O)(=O)CCCNc1ccc(Cl)cc1[N+](=O)[O-]. The summed E-state index contributed by atoms with van der Waals surface area (Å²) in [5, 5.41) is 13.9. The van der Waals surface area contributed by atoms with Crippen LogP contribution in [0.2, 0.25) is 5.02 Å². The van der Waals surface area contributed by atoms with Gasteiger partial charge in [0.25, 0.3) is 5.69 Å². The summed E-state index contributed by atoms with van der Waals surface area (Å²) < 4.78 is 21.8. The fourth-order valence-electron chi connectivity index (χ4n) is 1.36. The summed E-state index contributed by atoms with van der Waals surface area (Å²) in [7, 11) is -3.01. The molecule has 0 radical (unpaired) electrons. The third-order valence-corrected chi connectivity index (χ3v) is 3.43. The van der Waals surface area contributed by atoms with Crippen LogP contribution in [-0.4, -0.2) is 31.9 Å². The first-order chi connectivity index (χ1) is 8.29. The van der Waals surface area contributed by atoms with Gasteiger partial charge in [0.2, 0.25) is 0 Å². The first-order valence-electron chi connectivity index (χ1n) is 5.15. The highest BCUT2D eigenvalue weighted by atomic mass is 35.5. The highest BCUT2D eigenvalue weighted by Gasteiger charge is 2.13. The zero-order valence-electron chi connectivity index (χ0n) is 9.72. The monoisotopic (exact) mass is 292 g/mol. The molecule has 0 aliphatic heterocycles. The Bertz CT molecular complexity index is 545. The van der Waals surface area contributed by atoms with E-state index in [9.17, 15) is 18.5 Å². The highest BCUT2D eigenvalue weighted by Crippen LogP contribution is 2.27. The van der Waals surface area contributed by atoms with Crippen LogP contribution in [0, 0.1) is 10.1 Å². The molecule has 0 spiro atoms. The van der Waals surface area contributed by atoms with Crippen LogP contribution < -0.4 is 5.32 Å². The maximum Gasteiger partial charge on any atom is 0.293 e. The molecule has 1 aromatic carbocycles. The van der Waals surface area contributed by atoms with E-state index in [0.29, 0.717) is 18.7 Å². The predicted molar refractivity (Wildman–Crippen MR) is 70.9 cm³/mol. The quantitative estimate of drug-likeness (QED) is 0.492. The number of hydrogen-bond donors (Lipinski definition) is 1. The first-order valence-corrected chi connectivity index (χ1v) is 7.59. The molecule has 0 saturated heterocycles. The van der Waals surface area contributed by atoms with Gasteiger partial charge >= 0.3 is 0 Å². The number of hydrogen-bond acceptors (Lipinski definition) is 5. The Morgan fingerprint density at radius 2 is 2.11 bits per heavy atom. The molecular formula is C10H13ClN2O4S. The van der Waals surface area contributed by atoms with Gasteiger partial charge in [-0.15, -0.1) is 0 Å². The van der Waals surface area contributed by atoms with Crippen molar-refractivity contribution in [3.63, 3.8) is 0 Å². The van der Waals surface area contributed by atoms with Gasteiger partial charge in [0, 0.05) is 23.9 Å². The van der Waals surface area contributed by atoms with Crippen molar-refractivity contribution in [1.29, 1.82) is 0 Å². The molecule has 18 heavy (non-hydrogen) atoms. The van der Waals surface area contributed by atoms with Gasteiger partial charge in [-0.1, -0.05) is 11.6 Å². The fourth-order valence-corrected chi connectivity index (χ4v) is 2.20. The molecule has 0 aliphatic rings. The summed E-state index contributed by atoms with van der Waals surface area (Å²) in [4.78, 5) is 10.2. The second kappa shape index (κ2) is 6.01. The molecule has 0 aromatic heterocycles. The Morgan fingerprint density at radius 1 is 1.44 bits per heavy atom. The standard InChI is InChI=1S/C10H13ClN2O4S/c1-18(16,17)6-2-5-12-9-4-3-8(11)7-10(9)13(14)15/h3-4,7,12H,2,5-6H2,1H3. The molecule has 0 atom stereocenters. The van der Waals surface area contributed by atoms with Crippen LogP contribution in [0.4, 0.5) is 11.4 Å². The summed E-state index contributed by atoms with van der Waals surface area (Å²) in [5.41, 5.74) is 0.208. The Morgan fingerprint density at radius 3 is 2.67 bits per heavy atom. The normalized spacial score (nSPS) is 11.2. The number of nitrogens with one attached hydrogen (secondary N) is 1. The van der Waals surface area contributed by atoms with E-state index in [1.165, 1.54) is 18.2 Å². The molecule has 0 unspecified atom stereocenters. The molecule has 0 amide bonds. The minimum absolute atomic E-state index is 0.0430. The number of benzene rings is 1. The average Bonchev–Trinajstić information content (AvgIpc) is 2.24. The van der Waals surface area contributed by atoms with Gasteiger partial charge in [-0.05, 0) is 18.6 Å². The van der Waals surface area contributed by atoms with Crippen LogP contribution in [0.25, 0.3) is 0 Å². The van der Waals surface area contributed by atoms with Crippen molar-refractivity contribution >= 4 is 32.8 Å². The van der Waals surface area contributed by atoms with Crippen LogP contribution in [0.1, 0.15) is 6.42 Å². The number of anilines is 1. The van der Waals surface area contributed by atoms with Crippen molar-refractivity contribution < 1.29 is 13.3 Å². The summed E-state index contributed by atoms with van der Waals surface area (Å²) in [6, 6.07) is 4.29. The van der Waals surface area contributed by atoms with Crippen molar-refractivity contribution in [3.05, 3.63) is 33.3 Å². The molecule has 0 saturated carbocycles. The van der Waals surface area contributed by atoms with E-state index in [-0.39, 0.29) is 16.5 Å². The second-order valence-corrected chi connectivity index (χ2v) is 6.52. The Hall–Kier alpha value is -1.34. The molecule has 0 aliphatic carbocycles. The van der Waals surface area contributed by atoms with E-state index in [2.05, 4.69) is 5.32 Å². The summed E-state index contributed by atoms with van der Waals surface area (Å²) in [6.45, 7) is 0.343. The molecule has 0 fully saturated rings. The number of nitrogens with zero attached hydrogens (tertiary/aromatic N) is 1. The topological polar surface area (TPSA) is 89.3 Å². The van der Waals surface area contributed by atoms with Gasteiger partial charge in [-0.3, -0.25) is 10.1 Å². The van der Waals surface area contributed by atoms with Gasteiger partial charge < -0.3 is 5.32 Å². The smallest absolute Gasteiger partial charge is 0.293 e. The van der Waals surface area contributed by atoms with Gasteiger partial charge in [-0.25, -0.2) is 8.42 Å². The van der Waals surface area contributed by atoms with Gasteiger partial charge in [0.15, 0.2) is 0 Å². The largest absolute Gasteiger partial charge is 0.379 e. The minimum atomic E-state index is -3.01. The zero-order valence-corrected chi connectivity index (χ0v) is 11.3. The third-order valence-electron chi connectivity index (χ3n) is 2.16.